The van der Waals surface area contributed by atoms with Gasteiger partial charge < -0.3 is 15.2 Å². The molecule has 22 heavy (non-hydrogen) atoms. The molecule has 1 aliphatic heterocycles. The van der Waals surface area contributed by atoms with Crippen molar-refractivity contribution in [2.75, 3.05) is 20.2 Å². The van der Waals surface area contributed by atoms with E-state index in [4.69, 9.17) is 10.5 Å². The number of hydrogen-bond acceptors (Lipinski definition) is 4. The lowest BCUT2D eigenvalue weighted by Gasteiger charge is -2.38. The molecule has 1 fully saturated rings. The number of alkyl halides is 2. The molecule has 0 amide bonds. The van der Waals surface area contributed by atoms with Gasteiger partial charge in [0.1, 0.15) is 5.75 Å². The Bertz CT molecular complexity index is 451. The van der Waals surface area contributed by atoms with E-state index in [1.54, 1.807) is 19.2 Å². The van der Waals surface area contributed by atoms with Gasteiger partial charge in [-0.2, -0.15) is 8.78 Å². The fourth-order valence-corrected chi connectivity index (χ4v) is 2.79. The van der Waals surface area contributed by atoms with E-state index in [2.05, 4.69) is 9.64 Å². The number of nitrogens with two attached hydrogens (primary N) is 1. The molecular weight excluding hydrogens is 314 g/mol. The summed E-state index contributed by atoms with van der Waals surface area (Å²) >= 11 is 0. The van der Waals surface area contributed by atoms with Crippen LogP contribution in [0.2, 0.25) is 0 Å². The van der Waals surface area contributed by atoms with E-state index < -0.39 is 6.61 Å². The van der Waals surface area contributed by atoms with Gasteiger partial charge in [-0.15, -0.1) is 12.4 Å². The van der Waals surface area contributed by atoms with Gasteiger partial charge in [-0.05, 0) is 18.9 Å². The predicted octanol–water partition coefficient (Wildman–Crippen LogP) is 2.65. The zero-order valence-corrected chi connectivity index (χ0v) is 13.4. The lowest BCUT2D eigenvalue weighted by atomic mass is 9.98. The summed E-state index contributed by atoms with van der Waals surface area (Å²) in [7, 11) is 1.71. The van der Waals surface area contributed by atoms with E-state index in [9.17, 15) is 8.78 Å². The molecule has 0 aromatic heterocycles. The quantitative estimate of drug-likeness (QED) is 0.867. The minimum Gasteiger partial charge on any atom is -0.434 e. The molecule has 0 radical (unpaired) electrons. The Labute approximate surface area is 136 Å². The van der Waals surface area contributed by atoms with Gasteiger partial charge in [0.25, 0.3) is 0 Å². The Hall–Kier alpha value is -0.950. The van der Waals surface area contributed by atoms with Crippen LogP contribution in [0.25, 0.3) is 0 Å². The van der Waals surface area contributed by atoms with Crippen molar-refractivity contribution in [2.24, 2.45) is 5.73 Å². The van der Waals surface area contributed by atoms with Crippen molar-refractivity contribution in [3.05, 3.63) is 29.8 Å². The van der Waals surface area contributed by atoms with Gasteiger partial charge in [0.05, 0.1) is 6.10 Å². The first kappa shape index (κ1) is 19.1. The highest BCUT2D eigenvalue weighted by Gasteiger charge is 2.28. The second kappa shape index (κ2) is 9.25. The van der Waals surface area contributed by atoms with Crippen LogP contribution in [0.1, 0.15) is 18.4 Å². The Balaban J connectivity index is 0.00000242. The first-order valence-electron chi connectivity index (χ1n) is 7.13. The third-order valence-electron chi connectivity index (χ3n) is 3.96. The fraction of sp³-hybridized carbons (Fsp3) is 0.600. The maximum absolute atomic E-state index is 12.4. The van der Waals surface area contributed by atoms with Crippen LogP contribution in [0.5, 0.6) is 5.75 Å². The second-order valence-corrected chi connectivity index (χ2v) is 5.23. The van der Waals surface area contributed by atoms with E-state index in [0.717, 1.165) is 24.9 Å². The Kier molecular flexibility index (Phi) is 8.03. The summed E-state index contributed by atoms with van der Waals surface area (Å²) < 4.78 is 34.9. The summed E-state index contributed by atoms with van der Waals surface area (Å²) in [5.41, 5.74) is 6.59. The first-order valence-corrected chi connectivity index (χ1v) is 7.13. The molecule has 2 unspecified atom stereocenters. The topological polar surface area (TPSA) is 47.7 Å². The molecule has 1 heterocycles. The Morgan fingerprint density at radius 1 is 1.36 bits per heavy atom. The molecule has 0 saturated carbocycles. The van der Waals surface area contributed by atoms with Gasteiger partial charge in [-0.25, -0.2) is 0 Å². The zero-order valence-electron chi connectivity index (χ0n) is 12.6. The molecular formula is C15H23ClF2N2O2. The number of hydrogen-bond donors (Lipinski definition) is 1. The summed E-state index contributed by atoms with van der Waals surface area (Å²) in [4.78, 5) is 2.21. The molecule has 126 valence electrons. The van der Waals surface area contributed by atoms with Crippen LogP contribution in [0.4, 0.5) is 8.78 Å². The summed E-state index contributed by atoms with van der Waals surface area (Å²) in [6.07, 6.45) is 2.01. The summed E-state index contributed by atoms with van der Waals surface area (Å²) in [6, 6.07) is 7.10. The van der Waals surface area contributed by atoms with Crippen molar-refractivity contribution in [3.8, 4) is 5.75 Å². The fourth-order valence-electron chi connectivity index (χ4n) is 2.79. The number of methoxy groups -OCH3 is 1. The SMILES string of the molecule is COC1CCN(Cc2ccccc2OC(F)F)C(CN)C1.Cl. The summed E-state index contributed by atoms with van der Waals surface area (Å²) in [5.74, 6) is 0.233. The van der Waals surface area contributed by atoms with Gasteiger partial charge in [0.15, 0.2) is 0 Å². The predicted molar refractivity (Wildman–Crippen MR) is 83.6 cm³/mol. The molecule has 2 N–H and O–H groups in total. The van der Waals surface area contributed by atoms with Crippen molar-refractivity contribution in [1.29, 1.82) is 0 Å². The van der Waals surface area contributed by atoms with Crippen LogP contribution in [0.3, 0.4) is 0 Å². The lowest BCUT2D eigenvalue weighted by Crippen LogP contribution is -2.48. The van der Waals surface area contributed by atoms with Crippen LogP contribution < -0.4 is 10.5 Å². The number of benzene rings is 1. The summed E-state index contributed by atoms with van der Waals surface area (Å²) in [6.45, 7) is -0.891. The van der Waals surface area contributed by atoms with Gasteiger partial charge in [0, 0.05) is 38.3 Å². The molecule has 1 aliphatic rings. The van der Waals surface area contributed by atoms with Crippen LogP contribution in [0.15, 0.2) is 24.3 Å². The number of nitrogens with zero attached hydrogens (tertiary/aromatic N) is 1. The van der Waals surface area contributed by atoms with E-state index in [-0.39, 0.29) is 30.3 Å². The zero-order chi connectivity index (χ0) is 15.2. The van der Waals surface area contributed by atoms with E-state index in [0.29, 0.717) is 13.1 Å². The Morgan fingerprint density at radius 2 is 2.09 bits per heavy atom. The van der Waals surface area contributed by atoms with Crippen LogP contribution in [-0.2, 0) is 11.3 Å². The number of para-hydroxylation sites is 1. The van der Waals surface area contributed by atoms with Gasteiger partial charge in [0.2, 0.25) is 0 Å². The molecule has 1 saturated heterocycles. The third-order valence-corrected chi connectivity index (χ3v) is 3.96. The molecule has 0 spiro atoms. The molecule has 2 atom stereocenters. The lowest BCUT2D eigenvalue weighted by molar-refractivity contribution is -0.0512. The average molecular weight is 337 g/mol. The van der Waals surface area contributed by atoms with Crippen molar-refractivity contribution < 1.29 is 18.3 Å². The number of piperidine rings is 1. The maximum Gasteiger partial charge on any atom is 0.387 e. The van der Waals surface area contributed by atoms with Crippen molar-refractivity contribution in [3.63, 3.8) is 0 Å². The monoisotopic (exact) mass is 336 g/mol. The van der Waals surface area contributed by atoms with Crippen molar-refractivity contribution in [2.45, 2.75) is 38.1 Å². The highest BCUT2D eigenvalue weighted by atomic mass is 35.5. The molecule has 0 bridgehead atoms. The number of ether oxygens (including phenoxy) is 2. The van der Waals surface area contributed by atoms with E-state index in [1.807, 2.05) is 12.1 Å². The number of likely N-dealkylation sites (tertiary alicyclic amines) is 1. The van der Waals surface area contributed by atoms with E-state index >= 15 is 0 Å². The second-order valence-electron chi connectivity index (χ2n) is 5.23. The van der Waals surface area contributed by atoms with E-state index in [1.165, 1.54) is 0 Å². The number of halogens is 3. The highest BCUT2D eigenvalue weighted by molar-refractivity contribution is 5.85. The van der Waals surface area contributed by atoms with Crippen molar-refractivity contribution in [1.82, 2.24) is 4.90 Å². The molecule has 7 heteroatoms. The van der Waals surface area contributed by atoms with Gasteiger partial charge >= 0.3 is 6.61 Å². The molecule has 1 aromatic carbocycles. The molecule has 0 aliphatic carbocycles. The summed E-state index contributed by atoms with van der Waals surface area (Å²) in [5, 5.41) is 0. The third kappa shape index (κ3) is 5.05. The van der Waals surface area contributed by atoms with Crippen LogP contribution in [0, 0.1) is 0 Å². The normalized spacial score (nSPS) is 22.4. The average Bonchev–Trinajstić information content (AvgIpc) is 2.49. The minimum atomic E-state index is -2.81. The number of rotatable bonds is 6. The standard InChI is InChI=1S/C15H22F2N2O2.ClH/c1-20-13-6-7-19(12(8-13)9-18)10-11-4-2-3-5-14(11)21-15(16)17;/h2-5,12-13,15H,6-10,18H2,1H3;1H. The van der Waals surface area contributed by atoms with Gasteiger partial charge in [-0.1, -0.05) is 18.2 Å². The maximum atomic E-state index is 12.4. The van der Waals surface area contributed by atoms with Crippen LogP contribution in [-0.4, -0.2) is 43.9 Å². The molecule has 4 nitrogen and oxygen atoms in total. The molecule has 1 aromatic rings. The minimum absolute atomic E-state index is 0. The molecule has 2 rings (SSSR count). The smallest absolute Gasteiger partial charge is 0.387 e. The Morgan fingerprint density at radius 3 is 2.73 bits per heavy atom. The highest BCUT2D eigenvalue weighted by Crippen LogP contribution is 2.26. The van der Waals surface area contributed by atoms with Crippen molar-refractivity contribution >= 4 is 12.4 Å². The largest absolute Gasteiger partial charge is 0.434 e. The van der Waals surface area contributed by atoms with Gasteiger partial charge in [-0.3, -0.25) is 4.90 Å². The first-order chi connectivity index (χ1) is 10.1. The van der Waals surface area contributed by atoms with Crippen LogP contribution >= 0.6 is 12.4 Å².